The van der Waals surface area contributed by atoms with Crippen molar-refractivity contribution in [2.45, 2.75) is 28.6 Å². The molecule has 0 saturated carbocycles. The lowest BCUT2D eigenvalue weighted by molar-refractivity contribution is 0.404. The molecular formula is C19H20INOS. The van der Waals surface area contributed by atoms with E-state index in [1.807, 2.05) is 30.0 Å². The highest BCUT2D eigenvalue weighted by Crippen LogP contribution is 2.41. The van der Waals surface area contributed by atoms with Crippen LogP contribution in [0.25, 0.3) is 0 Å². The van der Waals surface area contributed by atoms with Crippen molar-refractivity contribution in [3.05, 3.63) is 65.7 Å². The van der Waals surface area contributed by atoms with Crippen molar-refractivity contribution in [2.75, 3.05) is 7.11 Å². The molecule has 2 nitrogen and oxygen atoms in total. The summed E-state index contributed by atoms with van der Waals surface area (Å²) in [4.78, 5) is 5.06. The number of alkyl halides is 1. The standard InChI is InChI=1S/C19H20INOS/c1-13(20)18-12-16(15-10-6-7-11-17(15)22-2)21-19(23-18)14-8-4-3-5-9-14/h3-11,13,16,18H,12H2,1-2H3/t13?,16?,18-/m1/s1. The van der Waals surface area contributed by atoms with Gasteiger partial charge in [0.15, 0.2) is 0 Å². The van der Waals surface area contributed by atoms with Crippen molar-refractivity contribution in [1.82, 2.24) is 0 Å². The maximum absolute atomic E-state index is 5.56. The molecule has 0 N–H and O–H groups in total. The topological polar surface area (TPSA) is 21.6 Å². The number of hydrogen-bond acceptors (Lipinski definition) is 3. The highest BCUT2D eigenvalue weighted by Gasteiger charge is 2.30. The summed E-state index contributed by atoms with van der Waals surface area (Å²) in [6.07, 6.45) is 1.05. The number of rotatable bonds is 4. The highest BCUT2D eigenvalue weighted by atomic mass is 127. The molecule has 0 saturated heterocycles. The molecular weight excluding hydrogens is 417 g/mol. The van der Waals surface area contributed by atoms with Gasteiger partial charge < -0.3 is 4.74 Å². The van der Waals surface area contributed by atoms with Gasteiger partial charge in [0.2, 0.25) is 0 Å². The van der Waals surface area contributed by atoms with Crippen molar-refractivity contribution in [3.63, 3.8) is 0 Å². The first kappa shape index (κ1) is 16.8. The molecule has 2 aromatic carbocycles. The molecule has 4 heteroatoms. The lowest BCUT2D eigenvalue weighted by Crippen LogP contribution is -2.24. The fraction of sp³-hybridized carbons (Fsp3) is 0.316. The van der Waals surface area contributed by atoms with Crippen LogP contribution in [0, 0.1) is 0 Å². The number of thioether (sulfide) groups is 1. The Kier molecular flexibility index (Phi) is 5.64. The third kappa shape index (κ3) is 3.91. The van der Waals surface area contributed by atoms with Crippen LogP contribution in [0.2, 0.25) is 0 Å². The summed E-state index contributed by atoms with van der Waals surface area (Å²) in [5, 5.41) is 1.69. The average molecular weight is 437 g/mol. The normalized spacial score (nSPS) is 22.3. The van der Waals surface area contributed by atoms with Gasteiger partial charge in [0.05, 0.1) is 18.2 Å². The molecule has 120 valence electrons. The summed E-state index contributed by atoms with van der Waals surface area (Å²) >= 11 is 4.44. The van der Waals surface area contributed by atoms with Gasteiger partial charge >= 0.3 is 0 Å². The van der Waals surface area contributed by atoms with Crippen LogP contribution in [-0.4, -0.2) is 21.3 Å². The first-order chi connectivity index (χ1) is 11.2. The second kappa shape index (κ2) is 7.71. The summed E-state index contributed by atoms with van der Waals surface area (Å²) in [7, 11) is 1.73. The maximum Gasteiger partial charge on any atom is 0.124 e. The van der Waals surface area contributed by atoms with Crippen LogP contribution in [0.15, 0.2) is 59.6 Å². The van der Waals surface area contributed by atoms with E-state index >= 15 is 0 Å². The van der Waals surface area contributed by atoms with Gasteiger partial charge in [-0.15, -0.1) is 11.8 Å². The number of hydrogen-bond donors (Lipinski definition) is 0. The van der Waals surface area contributed by atoms with Gasteiger partial charge in [0, 0.05) is 20.3 Å². The number of para-hydroxylation sites is 1. The molecule has 0 amide bonds. The van der Waals surface area contributed by atoms with Crippen molar-refractivity contribution < 1.29 is 4.74 Å². The van der Waals surface area contributed by atoms with Gasteiger partial charge in [-0.1, -0.05) is 78.0 Å². The van der Waals surface area contributed by atoms with Crippen LogP contribution in [0.3, 0.4) is 0 Å². The van der Waals surface area contributed by atoms with E-state index in [9.17, 15) is 0 Å². The zero-order valence-corrected chi connectivity index (χ0v) is 16.3. The Morgan fingerprint density at radius 1 is 1.13 bits per heavy atom. The highest BCUT2D eigenvalue weighted by molar-refractivity contribution is 14.1. The van der Waals surface area contributed by atoms with Gasteiger partial charge in [-0.2, -0.15) is 0 Å². The Balaban J connectivity index is 2.01. The van der Waals surface area contributed by atoms with E-state index in [-0.39, 0.29) is 6.04 Å². The zero-order chi connectivity index (χ0) is 16.2. The molecule has 1 aliphatic rings. The molecule has 0 bridgehead atoms. The molecule has 0 radical (unpaired) electrons. The smallest absolute Gasteiger partial charge is 0.124 e. The molecule has 3 atom stereocenters. The van der Waals surface area contributed by atoms with Crippen LogP contribution in [0.1, 0.15) is 30.5 Å². The summed E-state index contributed by atoms with van der Waals surface area (Å²) in [5.74, 6) is 0.931. The summed E-state index contributed by atoms with van der Waals surface area (Å²) in [6.45, 7) is 2.28. The molecule has 1 aliphatic heterocycles. The average Bonchev–Trinajstić information content (AvgIpc) is 2.62. The second-order valence-corrected chi connectivity index (χ2v) is 8.82. The first-order valence-electron chi connectivity index (χ1n) is 7.76. The van der Waals surface area contributed by atoms with E-state index in [1.165, 1.54) is 11.1 Å². The number of methoxy groups -OCH3 is 1. The van der Waals surface area contributed by atoms with Crippen molar-refractivity contribution >= 4 is 39.4 Å². The second-order valence-electron chi connectivity index (χ2n) is 5.63. The van der Waals surface area contributed by atoms with Gasteiger partial charge in [-0.05, 0) is 12.5 Å². The van der Waals surface area contributed by atoms with E-state index in [0.717, 1.165) is 17.2 Å². The van der Waals surface area contributed by atoms with Gasteiger partial charge in [0.25, 0.3) is 0 Å². The Hall–Kier alpha value is -1.01. The predicted molar refractivity (Wildman–Crippen MR) is 108 cm³/mol. The summed E-state index contributed by atoms with van der Waals surface area (Å²) in [6, 6.07) is 18.9. The van der Waals surface area contributed by atoms with Gasteiger partial charge in [-0.3, -0.25) is 4.99 Å². The van der Waals surface area contributed by atoms with E-state index in [4.69, 9.17) is 9.73 Å². The largest absolute Gasteiger partial charge is 0.496 e. The quantitative estimate of drug-likeness (QED) is 0.465. The fourth-order valence-corrected chi connectivity index (χ4v) is 4.73. The van der Waals surface area contributed by atoms with E-state index < -0.39 is 0 Å². The minimum atomic E-state index is 0.157. The SMILES string of the molecule is COc1ccccc1C1C[C@H](C(C)I)SC(c2ccccc2)=N1. The Labute approximate surface area is 155 Å². The van der Waals surface area contributed by atoms with E-state index in [0.29, 0.717) is 9.17 Å². The van der Waals surface area contributed by atoms with Crippen LogP contribution >= 0.6 is 34.4 Å². The summed E-state index contributed by atoms with van der Waals surface area (Å²) < 4.78 is 6.14. The van der Waals surface area contributed by atoms with Crippen LogP contribution in [-0.2, 0) is 0 Å². The van der Waals surface area contributed by atoms with Crippen LogP contribution in [0.4, 0.5) is 0 Å². The van der Waals surface area contributed by atoms with Gasteiger partial charge in [-0.25, -0.2) is 0 Å². The molecule has 3 rings (SSSR count). The van der Waals surface area contributed by atoms with Crippen molar-refractivity contribution in [3.8, 4) is 5.75 Å². The maximum atomic E-state index is 5.56. The van der Waals surface area contributed by atoms with Crippen LogP contribution < -0.4 is 4.74 Å². The van der Waals surface area contributed by atoms with E-state index in [2.05, 4.69) is 65.9 Å². The van der Waals surface area contributed by atoms with E-state index in [1.54, 1.807) is 7.11 Å². The van der Waals surface area contributed by atoms with Crippen LogP contribution in [0.5, 0.6) is 5.75 Å². The van der Waals surface area contributed by atoms with Gasteiger partial charge in [0.1, 0.15) is 5.75 Å². The molecule has 0 spiro atoms. The number of halogens is 1. The third-order valence-electron chi connectivity index (χ3n) is 4.02. The van der Waals surface area contributed by atoms with Crippen molar-refractivity contribution in [2.24, 2.45) is 4.99 Å². The molecule has 0 aliphatic carbocycles. The lowest BCUT2D eigenvalue weighted by Gasteiger charge is -2.30. The number of ether oxygens (including phenoxy) is 1. The fourth-order valence-electron chi connectivity index (χ4n) is 2.78. The monoisotopic (exact) mass is 437 g/mol. The summed E-state index contributed by atoms with van der Waals surface area (Å²) in [5.41, 5.74) is 2.39. The first-order valence-corrected chi connectivity index (χ1v) is 9.88. The molecule has 2 aromatic rings. The molecule has 0 fully saturated rings. The Bertz CT molecular complexity index is 687. The number of aliphatic imine (C=N–C) groups is 1. The zero-order valence-electron chi connectivity index (χ0n) is 13.3. The number of benzene rings is 2. The Morgan fingerprint density at radius 3 is 2.52 bits per heavy atom. The molecule has 1 heterocycles. The molecule has 23 heavy (non-hydrogen) atoms. The minimum Gasteiger partial charge on any atom is -0.496 e. The number of nitrogens with zero attached hydrogens (tertiary/aromatic N) is 1. The minimum absolute atomic E-state index is 0.157. The molecule has 2 unspecified atom stereocenters. The van der Waals surface area contributed by atoms with Crippen molar-refractivity contribution in [1.29, 1.82) is 0 Å². The predicted octanol–water partition coefficient (Wildman–Crippen LogP) is 5.51. The Morgan fingerprint density at radius 2 is 1.83 bits per heavy atom. The lowest BCUT2D eigenvalue weighted by atomic mass is 10.00. The molecule has 0 aromatic heterocycles. The third-order valence-corrected chi connectivity index (χ3v) is 6.85.